The van der Waals surface area contributed by atoms with E-state index in [-0.39, 0.29) is 11.8 Å². The average Bonchev–Trinajstić information content (AvgIpc) is 2.99. The van der Waals surface area contributed by atoms with Gasteiger partial charge >= 0.3 is 6.03 Å². The van der Waals surface area contributed by atoms with Gasteiger partial charge in [0.1, 0.15) is 34.7 Å². The van der Waals surface area contributed by atoms with Crippen molar-refractivity contribution in [3.05, 3.63) is 84.4 Å². The summed E-state index contributed by atoms with van der Waals surface area (Å²) in [7, 11) is 0. The van der Waals surface area contributed by atoms with Gasteiger partial charge in [-0.05, 0) is 61.9 Å². The molecule has 1 fully saturated rings. The summed E-state index contributed by atoms with van der Waals surface area (Å²) in [6, 6.07) is 19.2. The van der Waals surface area contributed by atoms with Crippen molar-refractivity contribution in [1.29, 1.82) is 0 Å². The van der Waals surface area contributed by atoms with Gasteiger partial charge in [-0.15, -0.1) is 0 Å². The van der Waals surface area contributed by atoms with Gasteiger partial charge in [-0.1, -0.05) is 13.0 Å². The highest BCUT2D eigenvalue weighted by Crippen LogP contribution is 2.25. The molecule has 1 aliphatic heterocycles. The number of urea groups is 1. The lowest BCUT2D eigenvalue weighted by Crippen LogP contribution is -2.36. The molecular formula is C31H33N7O4. The third-order valence-corrected chi connectivity index (χ3v) is 6.39. The number of hydrogen-bond acceptors (Lipinski definition) is 9. The molecule has 3 N–H and O–H groups in total. The molecule has 1 saturated heterocycles. The minimum absolute atomic E-state index is 0.0168. The largest absolute Gasteiger partial charge is 0.457 e. The number of ether oxygens (including phenoxy) is 2. The molecule has 4 aromatic rings. The molecule has 42 heavy (non-hydrogen) atoms. The summed E-state index contributed by atoms with van der Waals surface area (Å²) in [5.74, 6) is 3.26. The maximum Gasteiger partial charge on any atom is 0.323 e. The summed E-state index contributed by atoms with van der Waals surface area (Å²) in [6.07, 6.45) is 2.76. The SMILES string of the molecule is CCCC(=O)c1cc(Oc2ccc(NC(=O)Nc3cccc(Nc4cc(N5CCOCC5)nc(C)n4)c3)cc2)ccn1. The number of aromatic nitrogens is 3. The number of pyridine rings is 1. The number of Topliss-reactive ketones (excluding diaryl/α,β-unsaturated/α-hetero) is 1. The molecule has 2 amide bonds. The first kappa shape index (κ1) is 28.5. The predicted octanol–water partition coefficient (Wildman–Crippen LogP) is 6.18. The van der Waals surface area contributed by atoms with Gasteiger partial charge in [0, 0.05) is 54.9 Å². The molecule has 0 saturated carbocycles. The summed E-state index contributed by atoms with van der Waals surface area (Å²) in [5, 5.41) is 8.99. The lowest BCUT2D eigenvalue weighted by Gasteiger charge is -2.28. The Morgan fingerprint density at radius 3 is 2.45 bits per heavy atom. The van der Waals surface area contributed by atoms with Crippen molar-refractivity contribution in [2.24, 2.45) is 0 Å². The van der Waals surface area contributed by atoms with E-state index >= 15 is 0 Å². The van der Waals surface area contributed by atoms with Crippen LogP contribution >= 0.6 is 0 Å². The number of carbonyl (C=O) groups is 2. The second kappa shape index (κ2) is 13.6. The highest BCUT2D eigenvalue weighted by Gasteiger charge is 2.14. The predicted molar refractivity (Wildman–Crippen MR) is 162 cm³/mol. The first-order chi connectivity index (χ1) is 20.4. The number of benzene rings is 2. The molecule has 0 atom stereocenters. The van der Waals surface area contributed by atoms with Gasteiger partial charge in [-0.25, -0.2) is 14.8 Å². The molecule has 0 aliphatic carbocycles. The molecule has 0 spiro atoms. The topological polar surface area (TPSA) is 131 Å². The fraction of sp³-hybridized carbons (Fsp3) is 0.258. The highest BCUT2D eigenvalue weighted by atomic mass is 16.5. The monoisotopic (exact) mass is 567 g/mol. The van der Waals surface area contributed by atoms with E-state index < -0.39 is 0 Å². The highest BCUT2D eigenvalue weighted by molar-refractivity contribution is 6.00. The van der Waals surface area contributed by atoms with Crippen LogP contribution in [0, 0.1) is 6.92 Å². The van der Waals surface area contributed by atoms with Gasteiger partial charge < -0.3 is 30.3 Å². The molecule has 2 aromatic heterocycles. The Labute approximate surface area is 244 Å². The number of amides is 2. The summed E-state index contributed by atoms with van der Waals surface area (Å²) in [6.45, 7) is 6.73. The minimum Gasteiger partial charge on any atom is -0.457 e. The first-order valence-corrected chi connectivity index (χ1v) is 13.9. The number of nitrogens with one attached hydrogen (secondary N) is 3. The van der Waals surface area contributed by atoms with Crippen LogP contribution in [0.2, 0.25) is 0 Å². The Morgan fingerprint density at radius 1 is 0.905 bits per heavy atom. The second-order valence-electron chi connectivity index (χ2n) is 9.72. The summed E-state index contributed by atoms with van der Waals surface area (Å²) in [5.41, 5.74) is 2.36. The number of ketones is 1. The van der Waals surface area contributed by atoms with Crippen LogP contribution in [-0.4, -0.2) is 53.1 Å². The van der Waals surface area contributed by atoms with Crippen molar-refractivity contribution in [3.8, 4) is 11.5 Å². The number of anilines is 5. The van der Waals surface area contributed by atoms with Crippen molar-refractivity contribution in [1.82, 2.24) is 15.0 Å². The Bertz CT molecular complexity index is 1540. The molecular weight excluding hydrogens is 534 g/mol. The Hall–Kier alpha value is -5.03. The first-order valence-electron chi connectivity index (χ1n) is 13.9. The fourth-order valence-electron chi connectivity index (χ4n) is 4.41. The molecule has 0 bridgehead atoms. The van der Waals surface area contributed by atoms with Gasteiger partial charge in [-0.3, -0.25) is 9.78 Å². The zero-order valence-corrected chi connectivity index (χ0v) is 23.6. The van der Waals surface area contributed by atoms with E-state index in [9.17, 15) is 9.59 Å². The Morgan fingerprint density at radius 2 is 1.67 bits per heavy atom. The Balaban J connectivity index is 1.17. The molecule has 216 valence electrons. The maximum atomic E-state index is 12.7. The smallest absolute Gasteiger partial charge is 0.323 e. The minimum atomic E-state index is -0.387. The van der Waals surface area contributed by atoms with Gasteiger partial charge in [0.15, 0.2) is 5.78 Å². The number of hydrogen-bond donors (Lipinski definition) is 3. The van der Waals surface area contributed by atoms with Crippen LogP contribution in [0.15, 0.2) is 72.9 Å². The van der Waals surface area contributed by atoms with E-state index in [0.717, 1.165) is 31.0 Å². The van der Waals surface area contributed by atoms with Crippen molar-refractivity contribution >= 4 is 40.5 Å². The quantitative estimate of drug-likeness (QED) is 0.192. The fourth-order valence-corrected chi connectivity index (χ4v) is 4.41. The van der Waals surface area contributed by atoms with Crippen LogP contribution < -0.4 is 25.6 Å². The van der Waals surface area contributed by atoms with Crippen LogP contribution in [0.4, 0.5) is 33.5 Å². The van der Waals surface area contributed by atoms with Crippen LogP contribution in [0.1, 0.15) is 36.1 Å². The maximum absolute atomic E-state index is 12.7. The van der Waals surface area contributed by atoms with Crippen molar-refractivity contribution in [2.75, 3.05) is 47.2 Å². The number of carbonyl (C=O) groups excluding carboxylic acids is 2. The molecule has 5 rings (SSSR count). The lowest BCUT2D eigenvalue weighted by molar-refractivity contribution is 0.0976. The molecule has 3 heterocycles. The van der Waals surface area contributed by atoms with Crippen LogP contribution in [0.25, 0.3) is 0 Å². The lowest BCUT2D eigenvalue weighted by atomic mass is 10.1. The normalized spacial score (nSPS) is 12.9. The molecule has 11 nitrogen and oxygen atoms in total. The standard InChI is InChI=1S/C31H33N7O4/c1-3-5-28(39)27-19-26(12-13-32-27)42-25-10-8-22(9-11-25)36-31(40)37-24-7-4-6-23(18-24)35-29-20-30(34-21(2)33-29)38-14-16-41-17-15-38/h4,6-13,18-20H,3,5,14-17H2,1-2H3,(H,33,34,35)(H2,36,37,40). The van der Waals surface area contributed by atoms with Crippen molar-refractivity contribution in [3.63, 3.8) is 0 Å². The summed E-state index contributed by atoms with van der Waals surface area (Å²) >= 11 is 0. The summed E-state index contributed by atoms with van der Waals surface area (Å²) in [4.78, 5) is 40.2. The van der Waals surface area contributed by atoms with E-state index in [1.54, 1.807) is 48.7 Å². The number of morpholine rings is 1. The van der Waals surface area contributed by atoms with E-state index in [0.29, 0.717) is 59.8 Å². The molecule has 2 aromatic carbocycles. The van der Waals surface area contributed by atoms with Crippen LogP contribution in [0.5, 0.6) is 11.5 Å². The number of aryl methyl sites for hydroxylation is 1. The van der Waals surface area contributed by atoms with Crippen LogP contribution in [0.3, 0.4) is 0 Å². The van der Waals surface area contributed by atoms with E-state index in [1.165, 1.54) is 0 Å². The number of nitrogens with zero attached hydrogens (tertiary/aromatic N) is 4. The van der Waals surface area contributed by atoms with Gasteiger partial charge in [0.2, 0.25) is 0 Å². The second-order valence-corrected chi connectivity index (χ2v) is 9.72. The zero-order chi connectivity index (χ0) is 29.3. The Kier molecular flexibility index (Phi) is 9.20. The van der Waals surface area contributed by atoms with Gasteiger partial charge in [-0.2, -0.15) is 0 Å². The number of rotatable bonds is 10. The van der Waals surface area contributed by atoms with Crippen molar-refractivity contribution < 1.29 is 19.1 Å². The third kappa shape index (κ3) is 7.79. The zero-order valence-electron chi connectivity index (χ0n) is 23.6. The van der Waals surface area contributed by atoms with E-state index in [4.69, 9.17) is 9.47 Å². The molecule has 0 unspecified atom stereocenters. The summed E-state index contributed by atoms with van der Waals surface area (Å²) < 4.78 is 11.3. The van der Waals surface area contributed by atoms with E-state index in [2.05, 4.69) is 35.8 Å². The van der Waals surface area contributed by atoms with E-state index in [1.807, 2.05) is 38.1 Å². The van der Waals surface area contributed by atoms with Crippen LogP contribution in [-0.2, 0) is 4.74 Å². The third-order valence-electron chi connectivity index (χ3n) is 6.39. The van der Waals surface area contributed by atoms with Gasteiger partial charge in [0.25, 0.3) is 0 Å². The van der Waals surface area contributed by atoms with Gasteiger partial charge in [0.05, 0.1) is 13.2 Å². The molecule has 0 radical (unpaired) electrons. The molecule has 11 heteroatoms. The average molecular weight is 568 g/mol. The molecule has 1 aliphatic rings. The van der Waals surface area contributed by atoms with Crippen molar-refractivity contribution in [2.45, 2.75) is 26.7 Å².